The molecular formula is C50H88N4. The van der Waals surface area contributed by atoms with Gasteiger partial charge in [-0.2, -0.15) is 5.26 Å². The number of unbranched alkanes of at least 4 members (excludes halogenated alkanes) is 3. The van der Waals surface area contributed by atoms with Gasteiger partial charge in [-0.3, -0.25) is 0 Å². The minimum Gasteiger partial charge on any atom is -0.401 e. The fraction of sp³-hybridized carbons (Fsp3) is 0.700. The topological polar surface area (TPSA) is 79.1 Å². The molecule has 4 nitrogen and oxygen atoms in total. The standard InChI is InChI=1S/C33H53N.C15H29N3.C2H6/c1-7-9-10-18-23-31(5)32(6)27-26-30(4)22-16-13-11-12-14-19-24-33(28-34)25-20-15-17-21-29(3)8-2;1-3-5-10-18(17)15-9-7-13-11(4-2)12(13)6-8-14(15)16;1-2/h7,9-10,12,14-15,17,20-21,30-33H,1,3,8,11,13,16,18-19,22-27H2,2,4-6H3;11-13H,3-10,16-17H2,1-2H3;1-2H3/b10-9-,14-12-,20-15+,21-17-;15-14-;. The third kappa shape index (κ3) is 23.9. The maximum Gasteiger partial charge on any atom is 0.0659 e. The Kier molecular flexibility index (Phi) is 31.8. The van der Waals surface area contributed by atoms with E-state index in [2.05, 4.69) is 91.1 Å². The second-order valence-corrected chi connectivity index (χ2v) is 16.1. The van der Waals surface area contributed by atoms with Crippen LogP contribution < -0.4 is 11.6 Å². The van der Waals surface area contributed by atoms with E-state index in [9.17, 15) is 5.26 Å². The smallest absolute Gasteiger partial charge is 0.0659 e. The highest BCUT2D eigenvalue weighted by Gasteiger charge is 2.47. The largest absolute Gasteiger partial charge is 0.401 e. The second-order valence-electron chi connectivity index (χ2n) is 16.1. The van der Waals surface area contributed by atoms with Crippen LogP contribution in [0.2, 0.25) is 0 Å². The molecular weight excluding hydrogens is 657 g/mol. The maximum atomic E-state index is 9.35. The number of hydrazine groups is 1. The zero-order valence-corrected chi connectivity index (χ0v) is 36.8. The van der Waals surface area contributed by atoms with Crippen LogP contribution >= 0.6 is 0 Å². The van der Waals surface area contributed by atoms with E-state index in [1.165, 1.54) is 82.7 Å². The van der Waals surface area contributed by atoms with Crippen molar-refractivity contribution in [3.8, 4) is 6.07 Å². The number of hydrogen-bond donors (Lipinski definition) is 2. The minimum absolute atomic E-state index is 0.109. The first-order valence-electron chi connectivity index (χ1n) is 22.5. The lowest BCUT2D eigenvalue weighted by Crippen LogP contribution is -2.33. The molecule has 2 rings (SSSR count). The number of hydrogen-bond acceptors (Lipinski definition) is 4. The number of nitrogens with two attached hydrogens (primary N) is 2. The molecule has 0 aromatic heterocycles. The summed E-state index contributed by atoms with van der Waals surface area (Å²) in [5.74, 6) is 11.6. The molecule has 0 radical (unpaired) electrons. The van der Waals surface area contributed by atoms with Crippen LogP contribution in [-0.2, 0) is 0 Å². The molecule has 308 valence electrons. The molecule has 0 bridgehead atoms. The highest BCUT2D eigenvalue weighted by atomic mass is 15.4. The van der Waals surface area contributed by atoms with Crippen molar-refractivity contribution >= 4 is 0 Å². The van der Waals surface area contributed by atoms with Crippen LogP contribution in [0.5, 0.6) is 0 Å². The minimum atomic E-state index is 0.109. The van der Waals surface area contributed by atoms with Crippen molar-refractivity contribution in [3.05, 3.63) is 84.8 Å². The molecule has 7 atom stereocenters. The predicted molar refractivity (Wildman–Crippen MR) is 241 cm³/mol. The van der Waals surface area contributed by atoms with E-state index in [0.717, 1.165) is 98.3 Å². The highest BCUT2D eigenvalue weighted by molar-refractivity contribution is 5.19. The SMILES string of the molecule is C=C/C=C\CCC(C)C(C)CCC(C)CCCC/C=C\CCC(C#N)C/C=C/C=C\C(=C)CC.CC.CCCCN(N)/C1=C(\N)CCC2C(CC)C2CC1. The molecule has 7 unspecified atom stereocenters. The van der Waals surface area contributed by atoms with Gasteiger partial charge in [-0.1, -0.05) is 167 Å². The molecule has 0 spiro atoms. The average Bonchev–Trinajstić information content (AvgIpc) is 3.86. The molecule has 1 saturated carbocycles. The molecule has 4 heteroatoms. The lowest BCUT2D eigenvalue weighted by atomic mass is 9.85. The van der Waals surface area contributed by atoms with Gasteiger partial charge < -0.3 is 10.7 Å². The summed E-state index contributed by atoms with van der Waals surface area (Å²) in [6.07, 6.45) is 41.4. The Morgan fingerprint density at radius 3 is 2.15 bits per heavy atom. The van der Waals surface area contributed by atoms with Gasteiger partial charge in [0.2, 0.25) is 0 Å². The van der Waals surface area contributed by atoms with Gasteiger partial charge in [0.1, 0.15) is 0 Å². The first-order valence-corrected chi connectivity index (χ1v) is 22.5. The normalized spacial score (nSPS) is 21.9. The molecule has 0 amide bonds. The summed E-state index contributed by atoms with van der Waals surface area (Å²) in [4.78, 5) is 0. The fourth-order valence-corrected chi connectivity index (χ4v) is 7.67. The Bertz CT molecular complexity index is 1150. The van der Waals surface area contributed by atoms with Gasteiger partial charge in [0.15, 0.2) is 0 Å². The van der Waals surface area contributed by atoms with E-state index < -0.39 is 0 Å². The van der Waals surface area contributed by atoms with Gasteiger partial charge in [0.25, 0.3) is 0 Å². The summed E-state index contributed by atoms with van der Waals surface area (Å²) in [6, 6.07) is 2.44. The third-order valence-electron chi connectivity index (χ3n) is 11.9. The molecule has 0 aliphatic heterocycles. The third-order valence-corrected chi connectivity index (χ3v) is 11.9. The maximum absolute atomic E-state index is 9.35. The van der Waals surface area contributed by atoms with Crippen LogP contribution in [0.1, 0.15) is 177 Å². The Morgan fingerprint density at radius 2 is 1.50 bits per heavy atom. The van der Waals surface area contributed by atoms with Crippen molar-refractivity contribution in [3.63, 3.8) is 0 Å². The van der Waals surface area contributed by atoms with Gasteiger partial charge in [0, 0.05) is 17.9 Å². The van der Waals surface area contributed by atoms with E-state index in [0.29, 0.717) is 0 Å². The molecule has 54 heavy (non-hydrogen) atoms. The van der Waals surface area contributed by atoms with Crippen molar-refractivity contribution in [2.24, 2.45) is 53.0 Å². The number of nitrogens with zero attached hydrogens (tertiary/aromatic N) is 2. The van der Waals surface area contributed by atoms with E-state index in [4.69, 9.17) is 11.6 Å². The van der Waals surface area contributed by atoms with Crippen molar-refractivity contribution in [1.29, 1.82) is 5.26 Å². The van der Waals surface area contributed by atoms with Crippen LogP contribution in [0.4, 0.5) is 0 Å². The van der Waals surface area contributed by atoms with Crippen LogP contribution in [0.15, 0.2) is 84.8 Å². The lowest BCUT2D eigenvalue weighted by molar-refractivity contribution is 0.311. The quantitative estimate of drug-likeness (QED) is 0.0304. The molecule has 0 saturated heterocycles. The molecule has 4 N–H and O–H groups in total. The Labute approximate surface area is 337 Å². The first kappa shape index (κ1) is 51.2. The molecule has 1 fully saturated rings. The van der Waals surface area contributed by atoms with Gasteiger partial charge in [-0.15, -0.1) is 0 Å². The zero-order chi connectivity index (χ0) is 40.6. The van der Waals surface area contributed by atoms with Gasteiger partial charge in [0.05, 0.1) is 12.0 Å². The van der Waals surface area contributed by atoms with Gasteiger partial charge in [-0.05, 0) is 119 Å². The summed E-state index contributed by atoms with van der Waals surface area (Å²) < 4.78 is 0. The first-order chi connectivity index (χ1) is 26.1. The van der Waals surface area contributed by atoms with E-state index in [-0.39, 0.29) is 5.92 Å². The molecule has 0 aromatic rings. The number of allylic oxidation sites excluding steroid dienone is 12. The lowest BCUT2D eigenvalue weighted by Gasteiger charge is -2.25. The van der Waals surface area contributed by atoms with Crippen LogP contribution in [-0.4, -0.2) is 11.6 Å². The number of nitriles is 1. The zero-order valence-electron chi connectivity index (χ0n) is 36.8. The van der Waals surface area contributed by atoms with Crippen molar-refractivity contribution in [2.75, 3.05) is 6.54 Å². The summed E-state index contributed by atoms with van der Waals surface area (Å²) in [7, 11) is 0. The van der Waals surface area contributed by atoms with E-state index in [1.54, 1.807) is 0 Å². The summed E-state index contributed by atoms with van der Waals surface area (Å²) in [5, 5.41) is 11.3. The summed E-state index contributed by atoms with van der Waals surface area (Å²) >= 11 is 0. The Morgan fingerprint density at radius 1 is 0.833 bits per heavy atom. The second kappa shape index (κ2) is 33.6. The van der Waals surface area contributed by atoms with Gasteiger partial charge >= 0.3 is 0 Å². The highest BCUT2D eigenvalue weighted by Crippen LogP contribution is 2.55. The molecule has 2 aliphatic rings. The van der Waals surface area contributed by atoms with Crippen molar-refractivity contribution in [2.45, 2.75) is 177 Å². The van der Waals surface area contributed by atoms with Crippen molar-refractivity contribution in [1.82, 2.24) is 5.01 Å². The number of fused-ring (bicyclic) bond motifs is 1. The molecule has 0 heterocycles. The van der Waals surface area contributed by atoms with Gasteiger partial charge in [-0.25, -0.2) is 5.84 Å². The van der Waals surface area contributed by atoms with E-state index >= 15 is 0 Å². The monoisotopic (exact) mass is 745 g/mol. The van der Waals surface area contributed by atoms with Crippen LogP contribution in [0.3, 0.4) is 0 Å². The average molecular weight is 745 g/mol. The summed E-state index contributed by atoms with van der Waals surface area (Å²) in [6.45, 7) is 26.5. The van der Waals surface area contributed by atoms with Crippen molar-refractivity contribution < 1.29 is 0 Å². The molecule has 2 aliphatic carbocycles. The number of rotatable bonds is 26. The van der Waals surface area contributed by atoms with Crippen LogP contribution in [0.25, 0.3) is 0 Å². The Hall–Kier alpha value is -2.77. The molecule has 0 aromatic carbocycles. The van der Waals surface area contributed by atoms with E-state index in [1.807, 2.05) is 43.2 Å². The van der Waals surface area contributed by atoms with Crippen LogP contribution in [0, 0.1) is 52.8 Å². The Balaban J connectivity index is 0.00000116. The predicted octanol–water partition coefficient (Wildman–Crippen LogP) is 14.7. The fourth-order valence-electron chi connectivity index (χ4n) is 7.67. The summed E-state index contributed by atoms with van der Waals surface area (Å²) in [5.41, 5.74) is 9.65.